The number of hydrogen-bond acceptors (Lipinski definition) is 2. The van der Waals surface area contributed by atoms with Crippen LogP contribution in [0.25, 0.3) is 6.08 Å². The molecule has 4 heteroatoms. The lowest BCUT2D eigenvalue weighted by molar-refractivity contribution is -0.114. The molecular weight excluding hydrogens is 250 g/mol. The van der Waals surface area contributed by atoms with Crippen molar-refractivity contribution in [3.63, 3.8) is 0 Å². The molecule has 0 radical (unpaired) electrons. The fourth-order valence-corrected chi connectivity index (χ4v) is 2.43. The maximum Gasteiger partial charge on any atom is 0.269 e. The number of aromatic nitrogens is 1. The third-order valence-corrected chi connectivity index (χ3v) is 3.41. The molecule has 3 rings (SSSR count). The van der Waals surface area contributed by atoms with Gasteiger partial charge in [0.15, 0.2) is 0 Å². The number of hydrogen-bond donors (Lipinski definition) is 1. The number of carbonyl (C=O) groups excluding carboxylic acids is 1. The van der Waals surface area contributed by atoms with Gasteiger partial charge in [-0.2, -0.15) is 5.26 Å². The summed E-state index contributed by atoms with van der Waals surface area (Å²) in [6, 6.07) is 13.5. The minimum atomic E-state index is -0.243. The van der Waals surface area contributed by atoms with Crippen LogP contribution in [0.3, 0.4) is 0 Å². The molecule has 0 saturated carbocycles. The average Bonchev–Trinajstić information content (AvgIpc) is 3.13. The van der Waals surface area contributed by atoms with E-state index in [1.807, 2.05) is 42.5 Å². The first-order valence-electron chi connectivity index (χ1n) is 6.44. The molecule has 0 spiro atoms. The van der Waals surface area contributed by atoms with Crippen LogP contribution in [0, 0.1) is 11.3 Å². The van der Waals surface area contributed by atoms with Crippen LogP contribution in [0.4, 0.5) is 5.69 Å². The lowest BCUT2D eigenvalue weighted by Crippen LogP contribution is -2.29. The van der Waals surface area contributed by atoms with Crippen molar-refractivity contribution in [2.45, 2.75) is 6.42 Å². The Morgan fingerprint density at radius 3 is 2.90 bits per heavy atom. The highest BCUT2D eigenvalue weighted by Crippen LogP contribution is 2.28. The summed E-state index contributed by atoms with van der Waals surface area (Å²) >= 11 is 0. The van der Waals surface area contributed by atoms with Gasteiger partial charge >= 0.3 is 0 Å². The zero-order chi connectivity index (χ0) is 13.9. The van der Waals surface area contributed by atoms with Crippen molar-refractivity contribution in [2.24, 2.45) is 0 Å². The summed E-state index contributed by atoms with van der Waals surface area (Å²) < 4.78 is 0. The summed E-state index contributed by atoms with van der Waals surface area (Å²) in [5, 5.41) is 9.22. The number of anilines is 1. The molecule has 0 unspecified atom stereocenters. The van der Waals surface area contributed by atoms with Gasteiger partial charge in [0, 0.05) is 24.1 Å². The largest absolute Gasteiger partial charge is 0.362 e. The summed E-state index contributed by atoms with van der Waals surface area (Å²) in [5.74, 6) is -0.243. The summed E-state index contributed by atoms with van der Waals surface area (Å²) in [7, 11) is 0. The topological polar surface area (TPSA) is 59.9 Å². The Balaban J connectivity index is 1.92. The molecule has 0 aliphatic carbocycles. The SMILES string of the molecule is N#CC(=Cc1ccc[nH]1)C(=O)N1CCc2ccccc21. The Morgan fingerprint density at radius 2 is 2.15 bits per heavy atom. The van der Waals surface area contributed by atoms with E-state index in [4.69, 9.17) is 0 Å². The molecule has 20 heavy (non-hydrogen) atoms. The molecular formula is C16H13N3O. The van der Waals surface area contributed by atoms with Crippen LogP contribution in [-0.2, 0) is 11.2 Å². The summed E-state index contributed by atoms with van der Waals surface area (Å²) in [6.45, 7) is 0.627. The quantitative estimate of drug-likeness (QED) is 0.668. The van der Waals surface area contributed by atoms with Gasteiger partial charge in [-0.25, -0.2) is 0 Å². The second kappa shape index (κ2) is 5.06. The number of benzene rings is 1. The van der Waals surface area contributed by atoms with Crippen LogP contribution in [-0.4, -0.2) is 17.4 Å². The first-order valence-corrected chi connectivity index (χ1v) is 6.44. The molecule has 1 amide bonds. The van der Waals surface area contributed by atoms with E-state index in [0.717, 1.165) is 23.4 Å². The molecule has 1 aromatic carbocycles. The molecule has 1 aliphatic heterocycles. The second-order valence-corrected chi connectivity index (χ2v) is 4.63. The third kappa shape index (κ3) is 2.10. The normalized spacial score (nSPS) is 13.9. The van der Waals surface area contributed by atoms with Crippen LogP contribution in [0.5, 0.6) is 0 Å². The van der Waals surface area contributed by atoms with E-state index in [2.05, 4.69) is 4.98 Å². The number of carbonyl (C=O) groups is 1. The van der Waals surface area contributed by atoms with E-state index < -0.39 is 0 Å². The van der Waals surface area contributed by atoms with E-state index in [9.17, 15) is 10.1 Å². The van der Waals surface area contributed by atoms with Crippen molar-refractivity contribution in [3.8, 4) is 6.07 Å². The van der Waals surface area contributed by atoms with Gasteiger partial charge in [-0.1, -0.05) is 18.2 Å². The van der Waals surface area contributed by atoms with Crippen molar-refractivity contribution in [2.75, 3.05) is 11.4 Å². The lowest BCUT2D eigenvalue weighted by atomic mass is 10.1. The van der Waals surface area contributed by atoms with Crippen LogP contribution >= 0.6 is 0 Å². The standard InChI is InChI=1S/C16H13N3O/c17-11-13(10-14-5-3-8-18-14)16(20)19-9-7-12-4-1-2-6-15(12)19/h1-6,8,10,18H,7,9H2. The van der Waals surface area contributed by atoms with Gasteiger partial charge in [0.2, 0.25) is 0 Å². The van der Waals surface area contributed by atoms with Crippen LogP contribution in [0.1, 0.15) is 11.3 Å². The molecule has 1 N–H and O–H groups in total. The maximum atomic E-state index is 12.5. The van der Waals surface area contributed by atoms with Crippen molar-refractivity contribution in [1.82, 2.24) is 4.98 Å². The number of nitrogens with zero attached hydrogens (tertiary/aromatic N) is 2. The van der Waals surface area contributed by atoms with E-state index in [1.54, 1.807) is 17.2 Å². The number of fused-ring (bicyclic) bond motifs is 1. The van der Waals surface area contributed by atoms with Crippen LogP contribution < -0.4 is 4.90 Å². The number of rotatable bonds is 2. The van der Waals surface area contributed by atoms with Crippen molar-refractivity contribution >= 4 is 17.7 Å². The third-order valence-electron chi connectivity index (χ3n) is 3.41. The number of amides is 1. The molecule has 2 aromatic rings. The Hall–Kier alpha value is -2.80. The molecule has 0 saturated heterocycles. The molecule has 98 valence electrons. The Bertz CT molecular complexity index is 708. The molecule has 4 nitrogen and oxygen atoms in total. The van der Waals surface area contributed by atoms with Crippen molar-refractivity contribution in [1.29, 1.82) is 5.26 Å². The minimum absolute atomic E-state index is 0.143. The van der Waals surface area contributed by atoms with Crippen molar-refractivity contribution in [3.05, 3.63) is 59.4 Å². The van der Waals surface area contributed by atoms with E-state index in [0.29, 0.717) is 6.54 Å². The fourth-order valence-electron chi connectivity index (χ4n) is 2.43. The molecule has 2 heterocycles. The summed E-state index contributed by atoms with van der Waals surface area (Å²) in [6.07, 6.45) is 4.18. The van der Waals surface area contributed by atoms with Gasteiger partial charge < -0.3 is 9.88 Å². The monoisotopic (exact) mass is 263 g/mol. The average molecular weight is 263 g/mol. The van der Waals surface area contributed by atoms with Crippen LogP contribution in [0.2, 0.25) is 0 Å². The van der Waals surface area contributed by atoms with E-state index >= 15 is 0 Å². The van der Waals surface area contributed by atoms with Gasteiger partial charge in [-0.15, -0.1) is 0 Å². The first kappa shape index (κ1) is 12.2. The summed E-state index contributed by atoms with van der Waals surface area (Å²) in [5.41, 5.74) is 2.95. The molecule has 1 aliphatic rings. The predicted molar refractivity (Wildman–Crippen MR) is 76.9 cm³/mol. The molecule has 0 atom stereocenters. The minimum Gasteiger partial charge on any atom is -0.362 e. The maximum absolute atomic E-state index is 12.5. The Labute approximate surface area is 117 Å². The van der Waals surface area contributed by atoms with Gasteiger partial charge in [0.1, 0.15) is 11.6 Å². The second-order valence-electron chi connectivity index (χ2n) is 4.63. The Kier molecular flexibility index (Phi) is 3.10. The smallest absolute Gasteiger partial charge is 0.269 e. The highest BCUT2D eigenvalue weighted by molar-refractivity contribution is 6.11. The first-order chi connectivity index (χ1) is 9.79. The van der Waals surface area contributed by atoms with E-state index in [1.165, 1.54) is 0 Å². The Morgan fingerprint density at radius 1 is 1.30 bits per heavy atom. The van der Waals surface area contributed by atoms with Crippen molar-refractivity contribution < 1.29 is 4.79 Å². The van der Waals surface area contributed by atoms with Gasteiger partial charge in [0.25, 0.3) is 5.91 Å². The molecule has 0 bridgehead atoms. The van der Waals surface area contributed by atoms with Gasteiger partial charge in [-0.05, 0) is 36.3 Å². The number of nitrogens with one attached hydrogen (secondary N) is 1. The summed E-state index contributed by atoms with van der Waals surface area (Å²) in [4.78, 5) is 17.1. The number of nitriles is 1. The van der Waals surface area contributed by atoms with Gasteiger partial charge in [-0.3, -0.25) is 4.79 Å². The number of aromatic amines is 1. The predicted octanol–water partition coefficient (Wildman–Crippen LogP) is 2.51. The van der Waals surface area contributed by atoms with E-state index in [-0.39, 0.29) is 11.5 Å². The highest BCUT2D eigenvalue weighted by Gasteiger charge is 2.26. The fraction of sp³-hybridized carbons (Fsp3) is 0.125. The number of H-pyrrole nitrogens is 1. The molecule has 1 aromatic heterocycles. The lowest BCUT2D eigenvalue weighted by Gasteiger charge is -2.16. The zero-order valence-electron chi connectivity index (χ0n) is 10.8. The zero-order valence-corrected chi connectivity index (χ0v) is 10.8. The highest BCUT2D eigenvalue weighted by atomic mass is 16.2. The molecule has 0 fully saturated rings. The van der Waals surface area contributed by atoms with Gasteiger partial charge in [0.05, 0.1) is 0 Å². The van der Waals surface area contributed by atoms with Crippen LogP contribution in [0.15, 0.2) is 48.2 Å². The number of para-hydroxylation sites is 1.